The van der Waals surface area contributed by atoms with E-state index in [0.29, 0.717) is 0 Å². The van der Waals surface area contributed by atoms with Crippen molar-refractivity contribution in [1.29, 1.82) is 0 Å². The van der Waals surface area contributed by atoms with Gasteiger partial charge in [-0.15, -0.1) is 0 Å². The monoisotopic (exact) mass is 369 g/mol. The second-order valence-electron chi connectivity index (χ2n) is 7.18. The van der Waals surface area contributed by atoms with Crippen LogP contribution in [0.1, 0.15) is 16.7 Å². The molecule has 2 amide bonds. The fraction of sp³-hybridized carbons (Fsp3) is 0.125. The predicted octanol–water partition coefficient (Wildman–Crippen LogP) is 6.40. The van der Waals surface area contributed by atoms with Gasteiger partial charge in [-0.3, -0.25) is 0 Å². The van der Waals surface area contributed by atoms with Gasteiger partial charge >= 0.3 is 6.03 Å². The minimum atomic E-state index is -0.258. The van der Waals surface area contributed by atoms with Crippen LogP contribution in [0.25, 0.3) is 22.2 Å². The average Bonchev–Trinajstić information content (AvgIpc) is 3.04. The van der Waals surface area contributed by atoms with Gasteiger partial charge in [-0.1, -0.05) is 60.2 Å². The standard InChI is InChI=1S/C24H23N3O/c1-15-9-12-18(13-10-15)22-23(19-6-4-5-7-20(19)25-22)27-24(28)26-21-14-16(2)8-11-17(21)3/h4-14,25H,1-3H3,(H2,26,27,28). The first-order valence-electron chi connectivity index (χ1n) is 9.34. The van der Waals surface area contributed by atoms with Crippen molar-refractivity contribution in [2.45, 2.75) is 20.8 Å². The van der Waals surface area contributed by atoms with Gasteiger partial charge in [0.1, 0.15) is 0 Å². The Labute approximate surface area is 164 Å². The minimum Gasteiger partial charge on any atom is -0.353 e. The first kappa shape index (κ1) is 17.9. The number of carbonyl (C=O) groups excluding carboxylic acids is 1. The molecule has 0 aliphatic heterocycles. The van der Waals surface area contributed by atoms with Crippen LogP contribution in [0.15, 0.2) is 66.7 Å². The van der Waals surface area contributed by atoms with E-state index >= 15 is 0 Å². The highest BCUT2D eigenvalue weighted by Gasteiger charge is 2.16. The van der Waals surface area contributed by atoms with Crippen molar-refractivity contribution in [3.05, 3.63) is 83.4 Å². The lowest BCUT2D eigenvalue weighted by Crippen LogP contribution is -2.20. The number of benzene rings is 3. The molecule has 0 saturated carbocycles. The highest BCUT2D eigenvalue weighted by atomic mass is 16.2. The Morgan fingerprint density at radius 2 is 1.54 bits per heavy atom. The number of hydrogen-bond donors (Lipinski definition) is 3. The van der Waals surface area contributed by atoms with E-state index in [-0.39, 0.29) is 6.03 Å². The summed E-state index contributed by atoms with van der Waals surface area (Å²) in [6.07, 6.45) is 0. The predicted molar refractivity (Wildman–Crippen MR) is 117 cm³/mol. The Morgan fingerprint density at radius 1 is 0.821 bits per heavy atom. The quantitative estimate of drug-likeness (QED) is 0.384. The van der Waals surface area contributed by atoms with E-state index < -0.39 is 0 Å². The molecule has 140 valence electrons. The molecule has 1 aromatic heterocycles. The van der Waals surface area contributed by atoms with E-state index in [2.05, 4.69) is 46.8 Å². The average molecular weight is 369 g/mol. The lowest BCUT2D eigenvalue weighted by atomic mass is 10.1. The number of para-hydroxylation sites is 1. The number of fused-ring (bicyclic) bond motifs is 1. The first-order valence-corrected chi connectivity index (χ1v) is 9.34. The van der Waals surface area contributed by atoms with E-state index in [9.17, 15) is 4.79 Å². The maximum atomic E-state index is 12.8. The maximum absolute atomic E-state index is 12.8. The molecular formula is C24H23N3O. The van der Waals surface area contributed by atoms with Gasteiger partial charge in [-0.05, 0) is 44.0 Å². The molecule has 4 rings (SSSR count). The highest BCUT2D eigenvalue weighted by molar-refractivity contribution is 6.10. The molecule has 3 aromatic carbocycles. The topological polar surface area (TPSA) is 56.9 Å². The molecule has 4 nitrogen and oxygen atoms in total. The summed E-state index contributed by atoms with van der Waals surface area (Å²) in [5.41, 5.74) is 7.84. The molecule has 28 heavy (non-hydrogen) atoms. The zero-order chi connectivity index (χ0) is 19.7. The van der Waals surface area contributed by atoms with Gasteiger partial charge in [0.05, 0.1) is 11.4 Å². The van der Waals surface area contributed by atoms with Crippen molar-refractivity contribution in [1.82, 2.24) is 4.98 Å². The molecule has 1 heterocycles. The molecule has 4 aromatic rings. The van der Waals surface area contributed by atoms with E-state index in [1.807, 2.05) is 56.3 Å². The Balaban J connectivity index is 1.71. The number of urea groups is 1. The number of rotatable bonds is 3. The molecule has 0 bridgehead atoms. The summed E-state index contributed by atoms with van der Waals surface area (Å²) in [5, 5.41) is 7.02. The number of nitrogens with one attached hydrogen (secondary N) is 3. The Bertz CT molecular complexity index is 1160. The number of amides is 2. The van der Waals surface area contributed by atoms with Crippen LogP contribution < -0.4 is 10.6 Å². The second kappa shape index (κ2) is 7.24. The van der Waals surface area contributed by atoms with Gasteiger partial charge in [0.15, 0.2) is 0 Å². The normalized spacial score (nSPS) is 10.8. The summed E-state index contributed by atoms with van der Waals surface area (Å²) in [6, 6.07) is 22.0. The van der Waals surface area contributed by atoms with Crippen molar-refractivity contribution in [2.24, 2.45) is 0 Å². The van der Waals surface area contributed by atoms with E-state index in [1.165, 1.54) is 5.56 Å². The number of aromatic amines is 1. The Kier molecular flexibility index (Phi) is 4.62. The van der Waals surface area contributed by atoms with Crippen LogP contribution in [0.2, 0.25) is 0 Å². The van der Waals surface area contributed by atoms with Gasteiger partial charge in [0, 0.05) is 22.2 Å². The van der Waals surface area contributed by atoms with Crippen LogP contribution in [-0.2, 0) is 0 Å². The van der Waals surface area contributed by atoms with Crippen LogP contribution in [0.3, 0.4) is 0 Å². The van der Waals surface area contributed by atoms with E-state index in [0.717, 1.165) is 44.7 Å². The van der Waals surface area contributed by atoms with Gasteiger partial charge in [0.25, 0.3) is 0 Å². The van der Waals surface area contributed by atoms with Crippen LogP contribution in [-0.4, -0.2) is 11.0 Å². The van der Waals surface area contributed by atoms with Crippen LogP contribution >= 0.6 is 0 Å². The molecule has 3 N–H and O–H groups in total. The summed E-state index contributed by atoms with van der Waals surface area (Å²) < 4.78 is 0. The van der Waals surface area contributed by atoms with Crippen molar-refractivity contribution in [3.63, 3.8) is 0 Å². The summed E-state index contributed by atoms with van der Waals surface area (Å²) >= 11 is 0. The number of carbonyl (C=O) groups is 1. The number of aromatic nitrogens is 1. The fourth-order valence-corrected chi connectivity index (χ4v) is 3.35. The van der Waals surface area contributed by atoms with Crippen molar-refractivity contribution in [2.75, 3.05) is 10.6 Å². The van der Waals surface area contributed by atoms with Crippen LogP contribution in [0.4, 0.5) is 16.2 Å². The van der Waals surface area contributed by atoms with Gasteiger partial charge < -0.3 is 15.6 Å². The molecule has 0 saturated heterocycles. The molecular weight excluding hydrogens is 346 g/mol. The minimum absolute atomic E-state index is 0.258. The first-order chi connectivity index (χ1) is 13.5. The smallest absolute Gasteiger partial charge is 0.323 e. The molecule has 0 aliphatic rings. The lowest BCUT2D eigenvalue weighted by Gasteiger charge is -2.12. The highest BCUT2D eigenvalue weighted by Crippen LogP contribution is 2.35. The van der Waals surface area contributed by atoms with Crippen molar-refractivity contribution in [3.8, 4) is 11.3 Å². The molecule has 0 radical (unpaired) electrons. The fourth-order valence-electron chi connectivity index (χ4n) is 3.35. The molecule has 0 atom stereocenters. The summed E-state index contributed by atoms with van der Waals surface area (Å²) in [5.74, 6) is 0. The summed E-state index contributed by atoms with van der Waals surface area (Å²) in [4.78, 5) is 16.2. The lowest BCUT2D eigenvalue weighted by molar-refractivity contribution is 0.262. The number of aryl methyl sites for hydroxylation is 3. The Morgan fingerprint density at radius 3 is 2.32 bits per heavy atom. The molecule has 0 fully saturated rings. The summed E-state index contributed by atoms with van der Waals surface area (Å²) in [7, 11) is 0. The largest absolute Gasteiger partial charge is 0.353 e. The number of hydrogen-bond acceptors (Lipinski definition) is 1. The van der Waals surface area contributed by atoms with Gasteiger partial charge in [-0.2, -0.15) is 0 Å². The summed E-state index contributed by atoms with van der Waals surface area (Å²) in [6.45, 7) is 6.06. The van der Waals surface area contributed by atoms with Gasteiger partial charge in [-0.25, -0.2) is 4.79 Å². The maximum Gasteiger partial charge on any atom is 0.323 e. The van der Waals surface area contributed by atoms with Crippen LogP contribution in [0, 0.1) is 20.8 Å². The number of H-pyrrole nitrogens is 1. The van der Waals surface area contributed by atoms with Crippen molar-refractivity contribution >= 4 is 28.3 Å². The molecule has 0 unspecified atom stereocenters. The zero-order valence-electron chi connectivity index (χ0n) is 16.3. The van der Waals surface area contributed by atoms with Gasteiger partial charge in [0.2, 0.25) is 0 Å². The third-order valence-electron chi connectivity index (χ3n) is 4.93. The third kappa shape index (κ3) is 3.49. The molecule has 0 spiro atoms. The molecule has 4 heteroatoms. The van der Waals surface area contributed by atoms with E-state index in [1.54, 1.807) is 0 Å². The molecule has 0 aliphatic carbocycles. The zero-order valence-corrected chi connectivity index (χ0v) is 16.3. The number of anilines is 2. The second-order valence-corrected chi connectivity index (χ2v) is 7.18. The third-order valence-corrected chi connectivity index (χ3v) is 4.93. The Hall–Kier alpha value is -3.53. The van der Waals surface area contributed by atoms with Crippen LogP contribution in [0.5, 0.6) is 0 Å². The van der Waals surface area contributed by atoms with E-state index in [4.69, 9.17) is 0 Å². The SMILES string of the molecule is Cc1ccc(-c2[nH]c3ccccc3c2NC(=O)Nc2cc(C)ccc2C)cc1. The van der Waals surface area contributed by atoms with Crippen molar-refractivity contribution < 1.29 is 4.79 Å².